The molecule has 16 heavy (non-hydrogen) atoms. The Labute approximate surface area is 100 Å². The summed E-state index contributed by atoms with van der Waals surface area (Å²) < 4.78 is 0. The Morgan fingerprint density at radius 1 is 1.25 bits per heavy atom. The van der Waals surface area contributed by atoms with Gasteiger partial charge in [0.25, 0.3) is 0 Å². The van der Waals surface area contributed by atoms with Crippen molar-refractivity contribution < 1.29 is 0 Å². The number of hydrogen-bond donors (Lipinski definition) is 0. The van der Waals surface area contributed by atoms with Crippen molar-refractivity contribution in [1.82, 2.24) is 0 Å². The highest BCUT2D eigenvalue weighted by Crippen LogP contribution is 2.49. The molecule has 0 nitrogen and oxygen atoms in total. The van der Waals surface area contributed by atoms with E-state index >= 15 is 0 Å². The van der Waals surface area contributed by atoms with E-state index in [1.165, 1.54) is 24.8 Å². The van der Waals surface area contributed by atoms with Crippen LogP contribution in [0.15, 0.2) is 36.0 Å². The Hall–Kier alpha value is -0.780. The molecule has 0 amide bonds. The Kier molecular flexibility index (Phi) is 3.10. The van der Waals surface area contributed by atoms with E-state index in [1.807, 2.05) is 0 Å². The molecule has 0 aromatic heterocycles. The highest BCUT2D eigenvalue weighted by molar-refractivity contribution is 5.55. The molecule has 0 aromatic carbocycles. The number of rotatable bonds is 1. The molecule has 88 valence electrons. The van der Waals surface area contributed by atoms with Crippen LogP contribution in [0.25, 0.3) is 0 Å². The first kappa shape index (κ1) is 11.7. The fourth-order valence-corrected chi connectivity index (χ4v) is 3.21. The van der Waals surface area contributed by atoms with Gasteiger partial charge in [-0.1, -0.05) is 39.0 Å². The molecule has 0 N–H and O–H groups in total. The van der Waals surface area contributed by atoms with E-state index in [4.69, 9.17) is 0 Å². The minimum atomic E-state index is 0.679. The molecule has 4 atom stereocenters. The van der Waals surface area contributed by atoms with Crippen LogP contribution >= 0.6 is 0 Å². The summed E-state index contributed by atoms with van der Waals surface area (Å²) in [6.45, 7) is 15.2. The van der Waals surface area contributed by atoms with Gasteiger partial charge >= 0.3 is 0 Å². The van der Waals surface area contributed by atoms with Crippen LogP contribution in [0.1, 0.15) is 40.0 Å². The van der Waals surface area contributed by atoms with E-state index in [-0.39, 0.29) is 0 Å². The van der Waals surface area contributed by atoms with Gasteiger partial charge in [-0.15, -0.1) is 6.58 Å². The standard InChI is InChI=1S/C16H24/c1-6-14-7-8-15(9-10(2)11(14)3)16-12(4)13(16)5/h6,10-11,13-14H,1,4,7-9H2,2-3,5H3/b16-15+/t10-,11?,13?,14+/m1/s1. The third-order valence-corrected chi connectivity index (χ3v) is 4.82. The lowest BCUT2D eigenvalue weighted by Gasteiger charge is -2.22. The van der Waals surface area contributed by atoms with E-state index < -0.39 is 0 Å². The third-order valence-electron chi connectivity index (χ3n) is 4.82. The van der Waals surface area contributed by atoms with Gasteiger partial charge in [0.2, 0.25) is 0 Å². The van der Waals surface area contributed by atoms with Crippen LogP contribution in [-0.2, 0) is 0 Å². The quantitative estimate of drug-likeness (QED) is 0.438. The summed E-state index contributed by atoms with van der Waals surface area (Å²) in [5.74, 6) is 2.94. The van der Waals surface area contributed by atoms with E-state index in [2.05, 4.69) is 40.0 Å². The van der Waals surface area contributed by atoms with Gasteiger partial charge in [-0.05, 0) is 48.2 Å². The van der Waals surface area contributed by atoms with Crippen molar-refractivity contribution in [2.24, 2.45) is 23.7 Å². The van der Waals surface area contributed by atoms with Crippen LogP contribution in [-0.4, -0.2) is 0 Å². The van der Waals surface area contributed by atoms with Gasteiger partial charge in [0.1, 0.15) is 0 Å². The smallest absolute Gasteiger partial charge is 0.00603 e. The summed E-state index contributed by atoms with van der Waals surface area (Å²) in [4.78, 5) is 0. The summed E-state index contributed by atoms with van der Waals surface area (Å²) in [7, 11) is 0. The van der Waals surface area contributed by atoms with Gasteiger partial charge in [0.05, 0.1) is 0 Å². The van der Waals surface area contributed by atoms with Gasteiger partial charge in [-0.25, -0.2) is 0 Å². The van der Waals surface area contributed by atoms with Crippen LogP contribution in [0, 0.1) is 23.7 Å². The van der Waals surface area contributed by atoms with Crippen LogP contribution in [0.2, 0.25) is 0 Å². The van der Waals surface area contributed by atoms with Crippen molar-refractivity contribution in [3.8, 4) is 0 Å². The lowest BCUT2D eigenvalue weighted by Crippen LogP contribution is -2.14. The average Bonchev–Trinajstić information content (AvgIpc) is 2.88. The molecule has 2 fully saturated rings. The summed E-state index contributed by atoms with van der Waals surface area (Å²) in [5, 5.41) is 0. The minimum absolute atomic E-state index is 0.679. The first-order valence-electron chi connectivity index (χ1n) is 6.59. The summed E-state index contributed by atoms with van der Waals surface area (Å²) in [6, 6.07) is 0. The van der Waals surface area contributed by atoms with Gasteiger partial charge in [0, 0.05) is 5.92 Å². The molecule has 0 aromatic rings. The molecular weight excluding hydrogens is 192 g/mol. The van der Waals surface area contributed by atoms with Crippen LogP contribution in [0.3, 0.4) is 0 Å². The summed E-state index contributed by atoms with van der Waals surface area (Å²) in [5.41, 5.74) is 4.69. The average molecular weight is 216 g/mol. The number of allylic oxidation sites excluding steroid dienone is 4. The predicted molar refractivity (Wildman–Crippen MR) is 71.2 cm³/mol. The molecule has 2 saturated carbocycles. The molecule has 0 heteroatoms. The van der Waals surface area contributed by atoms with Crippen molar-refractivity contribution in [1.29, 1.82) is 0 Å². The van der Waals surface area contributed by atoms with E-state index in [1.54, 1.807) is 11.1 Å². The van der Waals surface area contributed by atoms with Gasteiger partial charge in [-0.3, -0.25) is 0 Å². The Morgan fingerprint density at radius 3 is 2.38 bits per heavy atom. The fraction of sp³-hybridized carbons (Fsp3) is 0.625. The molecule has 0 heterocycles. The van der Waals surface area contributed by atoms with Crippen molar-refractivity contribution in [3.63, 3.8) is 0 Å². The zero-order chi connectivity index (χ0) is 11.9. The van der Waals surface area contributed by atoms with Crippen LogP contribution in [0.5, 0.6) is 0 Å². The molecule has 0 spiro atoms. The molecule has 0 aliphatic heterocycles. The third kappa shape index (κ3) is 1.90. The topological polar surface area (TPSA) is 0 Å². The van der Waals surface area contributed by atoms with Gasteiger partial charge in [-0.2, -0.15) is 0 Å². The lowest BCUT2D eigenvalue weighted by atomic mass is 9.83. The van der Waals surface area contributed by atoms with Crippen molar-refractivity contribution in [2.45, 2.75) is 40.0 Å². The van der Waals surface area contributed by atoms with E-state index in [0.29, 0.717) is 11.8 Å². The largest absolute Gasteiger partial charge is 0.103 e. The summed E-state index contributed by atoms with van der Waals surface area (Å²) in [6.07, 6.45) is 6.00. The lowest BCUT2D eigenvalue weighted by molar-refractivity contribution is 0.313. The molecular formula is C16H24. The Bertz CT molecular complexity index is 345. The monoisotopic (exact) mass is 216 g/mol. The molecule has 0 saturated heterocycles. The second kappa shape index (κ2) is 4.24. The SMILES string of the molecule is C=C[C@H]1CC/C(=C2/C(=C)C2C)C[C@@H](C)C1C. The molecule has 0 bridgehead atoms. The van der Waals surface area contributed by atoms with E-state index in [9.17, 15) is 0 Å². The Morgan fingerprint density at radius 2 is 1.88 bits per heavy atom. The maximum Gasteiger partial charge on any atom is 0.00603 e. The minimum Gasteiger partial charge on any atom is -0.103 e. The zero-order valence-corrected chi connectivity index (χ0v) is 10.9. The first-order valence-corrected chi connectivity index (χ1v) is 6.59. The first-order chi connectivity index (χ1) is 7.56. The van der Waals surface area contributed by atoms with Crippen LogP contribution in [0.4, 0.5) is 0 Å². The summed E-state index contributed by atoms with van der Waals surface area (Å²) >= 11 is 0. The normalized spacial score (nSPS) is 44.1. The van der Waals surface area contributed by atoms with Crippen LogP contribution < -0.4 is 0 Å². The highest BCUT2D eigenvalue weighted by atomic mass is 14.4. The van der Waals surface area contributed by atoms with Crippen molar-refractivity contribution in [3.05, 3.63) is 36.0 Å². The molecule has 0 radical (unpaired) electrons. The fourth-order valence-electron chi connectivity index (χ4n) is 3.21. The number of hydrogen-bond acceptors (Lipinski definition) is 0. The van der Waals surface area contributed by atoms with Gasteiger partial charge < -0.3 is 0 Å². The second-order valence-corrected chi connectivity index (χ2v) is 5.74. The maximum absolute atomic E-state index is 4.14. The molecule has 2 unspecified atom stereocenters. The van der Waals surface area contributed by atoms with Gasteiger partial charge in [0.15, 0.2) is 0 Å². The van der Waals surface area contributed by atoms with Crippen molar-refractivity contribution in [2.75, 3.05) is 0 Å². The maximum atomic E-state index is 4.14. The molecule has 2 rings (SSSR count). The van der Waals surface area contributed by atoms with E-state index in [0.717, 1.165) is 11.8 Å². The Balaban J connectivity index is 2.20. The molecule has 2 aliphatic rings. The molecule has 2 aliphatic carbocycles. The zero-order valence-electron chi connectivity index (χ0n) is 10.9. The second-order valence-electron chi connectivity index (χ2n) is 5.74. The predicted octanol–water partition coefficient (Wildman–Crippen LogP) is 4.75. The van der Waals surface area contributed by atoms with Crippen molar-refractivity contribution >= 4 is 0 Å². The highest BCUT2D eigenvalue weighted by Gasteiger charge is 2.36.